The SMILES string of the molecule is Cc1cccc(Nc2nnc(S[C@@H](C)C(=O)NCC3CCCCC3)s2)c1. The van der Waals surface area contributed by atoms with E-state index in [2.05, 4.69) is 39.9 Å². The standard InChI is InChI=1S/C19H26N4OS2/c1-13-7-6-10-16(11-13)21-18-22-23-19(26-18)25-14(2)17(24)20-12-15-8-4-3-5-9-15/h6-7,10-11,14-15H,3-5,8-9,12H2,1-2H3,(H,20,24)(H,21,22)/t14-/m0/s1. The normalized spacial score (nSPS) is 16.2. The van der Waals surface area contributed by atoms with E-state index in [0.717, 1.165) is 21.7 Å². The predicted octanol–water partition coefficient (Wildman–Crippen LogP) is 4.77. The minimum absolute atomic E-state index is 0.0870. The summed E-state index contributed by atoms with van der Waals surface area (Å²) in [5.41, 5.74) is 2.19. The van der Waals surface area contributed by atoms with E-state index in [4.69, 9.17) is 0 Å². The number of carbonyl (C=O) groups is 1. The van der Waals surface area contributed by atoms with Crippen LogP contribution in [0.15, 0.2) is 28.6 Å². The number of thioether (sulfide) groups is 1. The van der Waals surface area contributed by atoms with Crippen LogP contribution in [0.5, 0.6) is 0 Å². The zero-order chi connectivity index (χ0) is 18.4. The van der Waals surface area contributed by atoms with Gasteiger partial charge in [-0.05, 0) is 50.3 Å². The summed E-state index contributed by atoms with van der Waals surface area (Å²) in [7, 11) is 0. The van der Waals surface area contributed by atoms with Gasteiger partial charge in [0.1, 0.15) is 0 Å². The van der Waals surface area contributed by atoms with E-state index >= 15 is 0 Å². The number of nitrogens with one attached hydrogen (secondary N) is 2. The van der Waals surface area contributed by atoms with E-state index in [0.29, 0.717) is 5.92 Å². The second-order valence-corrected chi connectivity index (χ2v) is 9.44. The molecule has 2 aromatic rings. The summed E-state index contributed by atoms with van der Waals surface area (Å²) in [6.07, 6.45) is 6.42. The van der Waals surface area contributed by atoms with Gasteiger partial charge < -0.3 is 10.6 Å². The van der Waals surface area contributed by atoms with Gasteiger partial charge in [-0.1, -0.05) is 54.5 Å². The number of anilines is 2. The molecule has 140 valence electrons. The van der Waals surface area contributed by atoms with Crippen LogP contribution in [0.1, 0.15) is 44.6 Å². The topological polar surface area (TPSA) is 66.9 Å². The highest BCUT2D eigenvalue weighted by molar-refractivity contribution is 8.02. The number of hydrogen-bond acceptors (Lipinski definition) is 6. The number of nitrogens with zero attached hydrogens (tertiary/aromatic N) is 2. The van der Waals surface area contributed by atoms with Crippen molar-refractivity contribution in [2.75, 3.05) is 11.9 Å². The Morgan fingerprint density at radius 3 is 2.88 bits per heavy atom. The second-order valence-electron chi connectivity index (χ2n) is 6.88. The highest BCUT2D eigenvalue weighted by atomic mass is 32.2. The fourth-order valence-corrected chi connectivity index (χ4v) is 5.08. The monoisotopic (exact) mass is 390 g/mol. The summed E-state index contributed by atoms with van der Waals surface area (Å²) in [5.74, 6) is 0.737. The zero-order valence-electron chi connectivity index (χ0n) is 15.3. The first-order valence-electron chi connectivity index (χ1n) is 9.22. The maximum absolute atomic E-state index is 12.3. The van der Waals surface area contributed by atoms with Crippen molar-refractivity contribution in [1.82, 2.24) is 15.5 Å². The summed E-state index contributed by atoms with van der Waals surface area (Å²) < 4.78 is 0.806. The Morgan fingerprint density at radius 2 is 2.12 bits per heavy atom. The van der Waals surface area contributed by atoms with Crippen LogP contribution in [-0.2, 0) is 4.79 Å². The van der Waals surface area contributed by atoms with Crippen molar-refractivity contribution in [1.29, 1.82) is 0 Å². The van der Waals surface area contributed by atoms with Crippen LogP contribution >= 0.6 is 23.1 Å². The van der Waals surface area contributed by atoms with Gasteiger partial charge >= 0.3 is 0 Å². The van der Waals surface area contributed by atoms with Gasteiger partial charge in [-0.2, -0.15) is 0 Å². The third-order valence-electron chi connectivity index (χ3n) is 4.61. The lowest BCUT2D eigenvalue weighted by Crippen LogP contribution is -2.35. The molecule has 1 fully saturated rings. The fourth-order valence-electron chi connectivity index (χ4n) is 3.14. The van der Waals surface area contributed by atoms with Gasteiger partial charge in [0.2, 0.25) is 11.0 Å². The van der Waals surface area contributed by atoms with Gasteiger partial charge in [-0.25, -0.2) is 0 Å². The molecule has 5 nitrogen and oxygen atoms in total. The van der Waals surface area contributed by atoms with Crippen LogP contribution in [0, 0.1) is 12.8 Å². The molecule has 1 atom stereocenters. The van der Waals surface area contributed by atoms with E-state index in [1.165, 1.54) is 60.8 Å². The number of aromatic nitrogens is 2. The van der Waals surface area contributed by atoms with Crippen LogP contribution in [0.2, 0.25) is 0 Å². The Balaban J connectivity index is 1.47. The van der Waals surface area contributed by atoms with Gasteiger partial charge in [0.05, 0.1) is 5.25 Å². The third-order valence-corrected chi connectivity index (χ3v) is 6.64. The average molecular weight is 391 g/mol. The molecule has 7 heteroatoms. The largest absolute Gasteiger partial charge is 0.355 e. The number of carbonyl (C=O) groups excluding carboxylic acids is 1. The molecule has 0 saturated heterocycles. The molecule has 0 spiro atoms. The number of amides is 1. The van der Waals surface area contributed by atoms with Crippen LogP contribution in [-0.4, -0.2) is 27.9 Å². The van der Waals surface area contributed by atoms with Crippen LogP contribution < -0.4 is 10.6 Å². The maximum atomic E-state index is 12.3. The molecule has 0 radical (unpaired) electrons. The summed E-state index contributed by atoms with van der Waals surface area (Å²) in [5, 5.41) is 15.3. The van der Waals surface area contributed by atoms with Crippen molar-refractivity contribution in [3.63, 3.8) is 0 Å². The lowest BCUT2D eigenvalue weighted by Gasteiger charge is -2.22. The summed E-state index contributed by atoms with van der Waals surface area (Å²) in [6, 6.07) is 8.13. The second kappa shape index (κ2) is 9.37. The van der Waals surface area contributed by atoms with E-state index in [1.54, 1.807) is 0 Å². The van der Waals surface area contributed by atoms with Crippen molar-refractivity contribution < 1.29 is 4.79 Å². The zero-order valence-corrected chi connectivity index (χ0v) is 17.0. The van der Waals surface area contributed by atoms with Gasteiger partial charge in [0, 0.05) is 12.2 Å². The fraction of sp³-hybridized carbons (Fsp3) is 0.526. The highest BCUT2D eigenvalue weighted by Gasteiger charge is 2.19. The van der Waals surface area contributed by atoms with Crippen molar-refractivity contribution >= 4 is 39.8 Å². The first-order valence-corrected chi connectivity index (χ1v) is 10.9. The van der Waals surface area contributed by atoms with Gasteiger partial charge in [-0.15, -0.1) is 10.2 Å². The molecule has 1 aromatic heterocycles. The molecule has 0 bridgehead atoms. The molecule has 1 aliphatic carbocycles. The van der Waals surface area contributed by atoms with Crippen LogP contribution in [0.25, 0.3) is 0 Å². The Kier molecular flexibility index (Phi) is 6.91. The minimum Gasteiger partial charge on any atom is -0.355 e. The molecule has 1 saturated carbocycles. The molecular formula is C19H26N4OS2. The molecule has 2 N–H and O–H groups in total. The van der Waals surface area contributed by atoms with Crippen molar-refractivity contribution in [3.05, 3.63) is 29.8 Å². The van der Waals surface area contributed by atoms with Gasteiger partial charge in [0.15, 0.2) is 4.34 Å². The van der Waals surface area contributed by atoms with Gasteiger partial charge in [-0.3, -0.25) is 4.79 Å². The van der Waals surface area contributed by atoms with Crippen molar-refractivity contribution in [3.8, 4) is 0 Å². The highest BCUT2D eigenvalue weighted by Crippen LogP contribution is 2.30. The van der Waals surface area contributed by atoms with E-state index in [-0.39, 0.29) is 11.2 Å². The average Bonchev–Trinajstić information content (AvgIpc) is 3.07. The third kappa shape index (κ3) is 5.71. The van der Waals surface area contributed by atoms with Crippen molar-refractivity contribution in [2.24, 2.45) is 5.92 Å². The Bertz CT molecular complexity index is 728. The molecule has 3 rings (SSSR count). The Morgan fingerprint density at radius 1 is 1.31 bits per heavy atom. The summed E-state index contributed by atoms with van der Waals surface area (Å²) >= 11 is 2.94. The quantitative estimate of drug-likeness (QED) is 0.667. The number of hydrogen-bond donors (Lipinski definition) is 2. The molecule has 1 heterocycles. The van der Waals surface area contributed by atoms with Crippen LogP contribution in [0.4, 0.5) is 10.8 Å². The Hall–Kier alpha value is -1.60. The van der Waals surface area contributed by atoms with Crippen molar-refractivity contribution in [2.45, 2.75) is 55.5 Å². The van der Waals surface area contributed by atoms with Gasteiger partial charge in [0.25, 0.3) is 0 Å². The molecule has 0 unspecified atom stereocenters. The molecule has 1 amide bonds. The number of rotatable bonds is 7. The molecule has 0 aliphatic heterocycles. The number of aryl methyl sites for hydroxylation is 1. The first kappa shape index (κ1) is 19.2. The summed E-state index contributed by atoms with van der Waals surface area (Å²) in [6.45, 7) is 4.79. The molecular weight excluding hydrogens is 364 g/mol. The first-order chi connectivity index (χ1) is 12.6. The lowest BCUT2D eigenvalue weighted by molar-refractivity contribution is -0.120. The summed E-state index contributed by atoms with van der Waals surface area (Å²) in [4.78, 5) is 12.3. The molecule has 1 aliphatic rings. The molecule has 1 aromatic carbocycles. The molecule has 26 heavy (non-hydrogen) atoms. The lowest BCUT2D eigenvalue weighted by atomic mass is 9.89. The minimum atomic E-state index is -0.168. The van der Waals surface area contributed by atoms with Crippen LogP contribution in [0.3, 0.4) is 0 Å². The Labute approximate surface area is 163 Å². The predicted molar refractivity (Wildman–Crippen MR) is 109 cm³/mol. The van der Waals surface area contributed by atoms with E-state index in [9.17, 15) is 4.79 Å². The number of benzene rings is 1. The maximum Gasteiger partial charge on any atom is 0.233 e. The van der Waals surface area contributed by atoms with E-state index in [1.807, 2.05) is 19.1 Å². The van der Waals surface area contributed by atoms with E-state index < -0.39 is 0 Å². The smallest absolute Gasteiger partial charge is 0.233 e.